The molecule has 2 aliphatic rings. The number of nitrogens with zero attached hydrogens (tertiary/aromatic N) is 2. The minimum absolute atomic E-state index is 0.819. The third-order valence-electron chi connectivity index (χ3n) is 18.1. The zero-order valence-corrected chi connectivity index (χ0v) is 44.1. The Morgan fingerprint density at radius 3 is 0.866 bits per heavy atom. The lowest BCUT2D eigenvalue weighted by atomic mass is 9.81. The third-order valence-corrected chi connectivity index (χ3v) is 18.1. The van der Waals surface area contributed by atoms with Crippen molar-refractivity contribution in [2.45, 2.75) is 0 Å². The van der Waals surface area contributed by atoms with Gasteiger partial charge in [-0.1, -0.05) is 194 Å². The topological polar surface area (TPSA) is 24.9 Å². The summed E-state index contributed by atoms with van der Waals surface area (Å²) >= 11 is 0. The molecule has 4 heteroatoms. The van der Waals surface area contributed by atoms with Gasteiger partial charge in [-0.15, -0.1) is 0 Å². The van der Waals surface area contributed by atoms with Crippen molar-refractivity contribution in [3.8, 4) is 45.3 Å². The lowest BCUT2D eigenvalue weighted by Crippen LogP contribution is -2.16. The van der Waals surface area contributed by atoms with Gasteiger partial charge in [-0.3, -0.25) is 0 Å². The molecule has 0 atom stereocenters. The van der Waals surface area contributed by atoms with E-state index in [1.165, 1.54) is 108 Å². The summed E-state index contributed by atoms with van der Waals surface area (Å²) in [6, 6.07) is 98.6. The predicted octanol–water partition coefficient (Wildman–Crippen LogP) is 22.6. The maximum atomic E-state index is 6.64. The number of ether oxygens (including phenoxy) is 2. The first-order chi connectivity index (χ1) is 40.7. The molecule has 0 aromatic heterocycles. The first kappa shape index (κ1) is 44.0. The Balaban J connectivity index is 0.991. The van der Waals surface area contributed by atoms with Crippen LogP contribution in [0.2, 0.25) is 0 Å². The number of hydrogen-bond acceptors (Lipinski definition) is 4. The van der Waals surface area contributed by atoms with Crippen molar-refractivity contribution in [2.24, 2.45) is 0 Å². The van der Waals surface area contributed by atoms with Crippen LogP contribution in [0.4, 0.5) is 34.1 Å². The molecular formula is C78H44N2O2. The van der Waals surface area contributed by atoms with Crippen LogP contribution in [0.1, 0.15) is 0 Å². The number of fused-ring (bicyclic) bond motifs is 10. The van der Waals surface area contributed by atoms with Gasteiger partial charge in [0.2, 0.25) is 0 Å². The van der Waals surface area contributed by atoms with E-state index in [0.29, 0.717) is 0 Å². The molecule has 0 N–H and O–H groups in total. The van der Waals surface area contributed by atoms with Gasteiger partial charge in [0.1, 0.15) is 0 Å². The van der Waals surface area contributed by atoms with Crippen LogP contribution in [0.5, 0.6) is 23.0 Å². The average molecular weight is 1040 g/mol. The highest BCUT2D eigenvalue weighted by Gasteiger charge is 2.31. The zero-order chi connectivity index (χ0) is 53.3. The molecule has 4 nitrogen and oxygen atoms in total. The zero-order valence-electron chi connectivity index (χ0n) is 44.1. The Morgan fingerprint density at radius 2 is 0.500 bits per heavy atom. The Morgan fingerprint density at radius 1 is 0.207 bits per heavy atom. The molecule has 2 aliphatic heterocycles. The quantitative estimate of drug-likeness (QED) is 0.130. The van der Waals surface area contributed by atoms with E-state index in [4.69, 9.17) is 9.47 Å². The van der Waals surface area contributed by atoms with Gasteiger partial charge in [-0.25, -0.2) is 0 Å². The second-order valence-corrected chi connectivity index (χ2v) is 22.2. The molecule has 0 aliphatic carbocycles. The molecule has 82 heavy (non-hydrogen) atoms. The Labute approximate surface area is 470 Å². The highest BCUT2D eigenvalue weighted by molar-refractivity contribution is 6.38. The maximum Gasteiger partial charge on any atom is 0.151 e. The third kappa shape index (κ3) is 5.89. The summed E-state index contributed by atoms with van der Waals surface area (Å²) in [5, 5.41) is 24.9. The molecule has 0 saturated heterocycles. The van der Waals surface area contributed by atoms with Crippen molar-refractivity contribution < 1.29 is 9.47 Å². The van der Waals surface area contributed by atoms with Crippen LogP contribution >= 0.6 is 0 Å². The summed E-state index contributed by atoms with van der Waals surface area (Å²) in [4.78, 5) is 4.76. The van der Waals surface area contributed by atoms with Crippen molar-refractivity contribution in [2.75, 3.05) is 9.80 Å². The Hall–Kier alpha value is -10.9. The van der Waals surface area contributed by atoms with E-state index in [-0.39, 0.29) is 0 Å². The van der Waals surface area contributed by atoms with Crippen LogP contribution < -0.4 is 19.3 Å². The van der Waals surface area contributed by atoms with Crippen molar-refractivity contribution in [3.05, 3.63) is 267 Å². The summed E-state index contributed by atoms with van der Waals surface area (Å²) in [5.41, 5.74) is 10.8. The van der Waals surface area contributed by atoms with Crippen molar-refractivity contribution in [1.82, 2.24) is 0 Å². The monoisotopic (exact) mass is 1040 g/mol. The summed E-state index contributed by atoms with van der Waals surface area (Å²) in [5.74, 6) is 3.28. The number of para-hydroxylation sites is 8. The molecule has 0 fully saturated rings. The fraction of sp³-hybridized carbons (Fsp3) is 0. The van der Waals surface area contributed by atoms with E-state index >= 15 is 0 Å². The van der Waals surface area contributed by atoms with Gasteiger partial charge in [0, 0.05) is 11.4 Å². The molecule has 17 aromatic rings. The normalized spacial score (nSPS) is 13.0. The molecule has 0 saturated carbocycles. The molecular weight excluding hydrogens is 997 g/mol. The van der Waals surface area contributed by atoms with Crippen molar-refractivity contribution in [1.29, 1.82) is 0 Å². The number of benzene rings is 17. The van der Waals surface area contributed by atoms with E-state index in [0.717, 1.165) is 78.7 Å². The number of rotatable bonds is 4. The van der Waals surface area contributed by atoms with Crippen molar-refractivity contribution in [3.63, 3.8) is 0 Å². The first-order valence-corrected chi connectivity index (χ1v) is 28.2. The molecule has 0 bridgehead atoms. The fourth-order valence-corrected chi connectivity index (χ4v) is 14.8. The minimum Gasteiger partial charge on any atom is -0.453 e. The second kappa shape index (κ2) is 16.3. The van der Waals surface area contributed by atoms with Crippen LogP contribution in [-0.4, -0.2) is 0 Å². The van der Waals surface area contributed by atoms with E-state index in [1.54, 1.807) is 0 Å². The Bertz CT molecular complexity index is 5080. The molecule has 0 unspecified atom stereocenters. The molecule has 378 valence electrons. The summed E-state index contributed by atoms with van der Waals surface area (Å²) in [7, 11) is 0. The predicted molar refractivity (Wildman–Crippen MR) is 344 cm³/mol. The van der Waals surface area contributed by atoms with Gasteiger partial charge < -0.3 is 19.3 Å². The summed E-state index contributed by atoms with van der Waals surface area (Å²) in [6.45, 7) is 0. The largest absolute Gasteiger partial charge is 0.453 e. The van der Waals surface area contributed by atoms with Gasteiger partial charge in [0.25, 0.3) is 0 Å². The smallest absolute Gasteiger partial charge is 0.151 e. The lowest BCUT2D eigenvalue weighted by Gasteiger charge is -2.33. The average Bonchev–Trinajstić information content (AvgIpc) is 3.48. The SMILES string of the molecule is c1ccc2c(c1)Oc1ccccc1N2c1ccc2c(-c3ccc4c5cccc6cccc(c7cccc3c74)c65)c3cc(N4c5ccccc5Oc5ccccc54)ccc3c(-c3ccc4c5cccc6cccc(c7cccc3c74)c65)c2c1. The van der Waals surface area contributed by atoms with Gasteiger partial charge in [-0.2, -0.15) is 0 Å². The first-order valence-electron chi connectivity index (χ1n) is 28.2. The number of anilines is 6. The van der Waals surface area contributed by atoms with Crippen LogP contribution in [0, 0.1) is 0 Å². The van der Waals surface area contributed by atoms with Crippen LogP contribution in [0.25, 0.3) is 130 Å². The van der Waals surface area contributed by atoms with Gasteiger partial charge >= 0.3 is 0 Å². The van der Waals surface area contributed by atoms with Crippen molar-refractivity contribution >= 4 is 142 Å². The van der Waals surface area contributed by atoms with Gasteiger partial charge in [-0.05, 0) is 203 Å². The van der Waals surface area contributed by atoms with E-state index in [1.807, 2.05) is 0 Å². The lowest BCUT2D eigenvalue weighted by molar-refractivity contribution is 0.477. The minimum atomic E-state index is 0.819. The standard InChI is InChI=1S/C78H44N2O2/c1-5-31-69-65(27-1)79(66-28-2-6-32-70(66)81-69)47-35-37-61-63(43-47)77(59-41-39-57-51-21-11-17-45-15-9-19-49(73(45)51)53-23-13-25-55(59)75(53)57)62-38-36-48(80-67-29-3-7-33-71(67)82-72-34-8-4-30-68(72)80)44-64(62)78(61)60-42-40-58-52-22-12-18-46-16-10-20-50(74(46)52)54-24-14-26-56(60)76(54)58/h1-44H. The van der Waals surface area contributed by atoms with Crippen LogP contribution in [-0.2, 0) is 0 Å². The van der Waals surface area contributed by atoms with Gasteiger partial charge in [0.15, 0.2) is 23.0 Å². The molecule has 17 aromatic carbocycles. The molecule has 19 rings (SSSR count). The van der Waals surface area contributed by atoms with E-state index in [2.05, 4.69) is 277 Å². The number of hydrogen-bond donors (Lipinski definition) is 0. The molecule has 2 heterocycles. The highest BCUT2D eigenvalue weighted by atomic mass is 16.5. The van der Waals surface area contributed by atoms with Crippen LogP contribution in [0.3, 0.4) is 0 Å². The van der Waals surface area contributed by atoms with E-state index in [9.17, 15) is 0 Å². The molecule has 0 amide bonds. The fourth-order valence-electron chi connectivity index (χ4n) is 14.8. The maximum absolute atomic E-state index is 6.64. The Kier molecular flexibility index (Phi) is 8.76. The van der Waals surface area contributed by atoms with Gasteiger partial charge in [0.05, 0.1) is 22.7 Å². The summed E-state index contributed by atoms with van der Waals surface area (Å²) in [6.07, 6.45) is 0. The summed E-state index contributed by atoms with van der Waals surface area (Å²) < 4.78 is 13.3. The second-order valence-electron chi connectivity index (χ2n) is 22.2. The highest BCUT2D eigenvalue weighted by Crippen LogP contribution is 2.57. The van der Waals surface area contributed by atoms with Crippen LogP contribution in [0.15, 0.2) is 267 Å². The molecule has 0 radical (unpaired) electrons. The molecule has 0 spiro atoms. The van der Waals surface area contributed by atoms with E-state index < -0.39 is 0 Å².